The van der Waals surface area contributed by atoms with E-state index in [9.17, 15) is 9.59 Å². The van der Waals surface area contributed by atoms with Crippen molar-refractivity contribution in [3.8, 4) is 0 Å². The van der Waals surface area contributed by atoms with Crippen molar-refractivity contribution in [1.82, 2.24) is 0 Å². The molecule has 0 N–H and O–H groups in total. The van der Waals surface area contributed by atoms with Crippen molar-refractivity contribution in [1.29, 1.82) is 0 Å². The standard InChI is InChI=1S/C22H28BNO4/c1-22(2)18-9-8-17(19(22)12-18)13-24-14-20(25)27-23(24,28-21(26)15-24)11-10-16-6-4-3-5-7-16/h3-7,10-11,17-19H,8-9,12-15H2,1-2H3/b11-10+/t17-,18-,19?,23?,24?/m1/s1. The van der Waals surface area contributed by atoms with E-state index in [4.69, 9.17) is 9.31 Å². The summed E-state index contributed by atoms with van der Waals surface area (Å²) in [6.07, 6.45) is 5.63. The first-order valence-corrected chi connectivity index (χ1v) is 10.5. The number of rotatable bonds is 4. The second-order valence-corrected chi connectivity index (χ2v) is 9.89. The molecule has 0 amide bonds. The summed E-state index contributed by atoms with van der Waals surface area (Å²) >= 11 is 0. The highest BCUT2D eigenvalue weighted by atomic mass is 16.7. The minimum absolute atomic E-state index is 0.234. The first-order chi connectivity index (χ1) is 13.3. The average molecular weight is 381 g/mol. The third-order valence-corrected chi connectivity index (χ3v) is 8.18. The number of nitrogens with zero attached hydrogens (tertiary/aromatic N) is 1. The highest BCUT2D eigenvalue weighted by Crippen LogP contribution is 2.62. The van der Waals surface area contributed by atoms with Crippen LogP contribution in [-0.2, 0) is 18.9 Å². The maximum Gasteiger partial charge on any atom is 0.607 e. The van der Waals surface area contributed by atoms with E-state index in [1.807, 2.05) is 42.4 Å². The van der Waals surface area contributed by atoms with Crippen LogP contribution < -0.4 is 0 Å². The fourth-order valence-corrected chi connectivity index (χ4v) is 6.51. The van der Waals surface area contributed by atoms with Crippen LogP contribution in [0, 0.1) is 23.2 Å². The van der Waals surface area contributed by atoms with Gasteiger partial charge in [-0.2, -0.15) is 0 Å². The zero-order valence-electron chi connectivity index (χ0n) is 16.7. The maximum atomic E-state index is 12.4. The first-order valence-electron chi connectivity index (χ1n) is 10.5. The monoisotopic (exact) mass is 381 g/mol. The minimum Gasteiger partial charge on any atom is -0.596 e. The van der Waals surface area contributed by atoms with Crippen LogP contribution in [0.15, 0.2) is 36.3 Å². The Labute approximate surface area is 166 Å². The number of fused-ring (bicyclic) bond motifs is 3. The second kappa shape index (κ2) is 5.96. The van der Waals surface area contributed by atoms with Crippen LogP contribution in [0.3, 0.4) is 0 Å². The first kappa shape index (κ1) is 18.0. The molecule has 6 heteroatoms. The zero-order valence-corrected chi connectivity index (χ0v) is 16.7. The molecule has 6 rings (SSSR count). The highest BCUT2D eigenvalue weighted by Gasteiger charge is 2.67. The minimum atomic E-state index is -2.14. The average Bonchev–Trinajstić information content (AvgIpc) is 3.05. The molecule has 1 aromatic carbocycles. The molecule has 5 aliphatic rings. The summed E-state index contributed by atoms with van der Waals surface area (Å²) in [5.74, 6) is 3.34. The third kappa shape index (κ3) is 2.50. The fraction of sp³-hybridized carbons (Fsp3) is 0.545. The Hall–Kier alpha value is -2.08. The van der Waals surface area contributed by atoms with Gasteiger partial charge >= 0.3 is 18.6 Å². The predicted octanol–water partition coefficient (Wildman–Crippen LogP) is 3.18. The van der Waals surface area contributed by atoms with Crippen LogP contribution in [-0.4, -0.2) is 42.7 Å². The molecular weight excluding hydrogens is 353 g/mol. The summed E-state index contributed by atoms with van der Waals surface area (Å²) in [6.45, 7) is 3.88. The molecule has 0 spiro atoms. The lowest BCUT2D eigenvalue weighted by Crippen LogP contribution is -2.66. The smallest absolute Gasteiger partial charge is 0.596 e. The van der Waals surface area contributed by atoms with E-state index in [1.54, 1.807) is 0 Å². The Morgan fingerprint density at radius 1 is 1.11 bits per heavy atom. The van der Waals surface area contributed by atoms with Crippen molar-refractivity contribution < 1.29 is 23.3 Å². The number of hydrogen-bond acceptors (Lipinski definition) is 4. The molecule has 2 heterocycles. The van der Waals surface area contributed by atoms with Crippen molar-refractivity contribution in [2.24, 2.45) is 23.2 Å². The van der Waals surface area contributed by atoms with E-state index < -0.39 is 6.69 Å². The topological polar surface area (TPSA) is 52.6 Å². The van der Waals surface area contributed by atoms with E-state index in [2.05, 4.69) is 13.8 Å². The fourth-order valence-electron chi connectivity index (χ4n) is 6.51. The lowest BCUT2D eigenvalue weighted by Gasteiger charge is -2.61. The molecule has 0 radical (unpaired) electrons. The van der Waals surface area contributed by atoms with Gasteiger partial charge in [-0.3, -0.25) is 9.59 Å². The summed E-state index contributed by atoms with van der Waals surface area (Å²) in [4.78, 5) is 24.8. The summed E-state index contributed by atoms with van der Waals surface area (Å²) in [7, 11) is 0. The number of quaternary nitrogens is 1. The van der Waals surface area contributed by atoms with E-state index in [0.29, 0.717) is 21.6 Å². The molecule has 5 fully saturated rings. The van der Waals surface area contributed by atoms with Gasteiger partial charge in [-0.15, -0.1) is 0 Å². The van der Waals surface area contributed by atoms with E-state index in [-0.39, 0.29) is 25.0 Å². The van der Waals surface area contributed by atoms with Crippen LogP contribution in [0.2, 0.25) is 0 Å². The zero-order chi connectivity index (χ0) is 19.6. The molecule has 1 aromatic rings. The Balaban J connectivity index is 1.47. The second-order valence-electron chi connectivity index (χ2n) is 9.89. The molecule has 3 aliphatic carbocycles. The van der Waals surface area contributed by atoms with Crippen LogP contribution in [0.5, 0.6) is 0 Å². The summed E-state index contributed by atoms with van der Waals surface area (Å²) in [5.41, 5.74) is 1.37. The van der Waals surface area contributed by atoms with Gasteiger partial charge in [0.05, 0.1) is 0 Å². The Kier molecular flexibility index (Phi) is 3.83. The molecule has 2 bridgehead atoms. The summed E-state index contributed by atoms with van der Waals surface area (Å²) in [6, 6.07) is 9.87. The third-order valence-electron chi connectivity index (χ3n) is 8.18. The normalized spacial score (nSPS) is 40.7. The van der Waals surface area contributed by atoms with Gasteiger partial charge in [0.15, 0.2) is 0 Å². The van der Waals surface area contributed by atoms with Gasteiger partial charge in [0.25, 0.3) is 0 Å². The molecule has 0 aromatic heterocycles. The van der Waals surface area contributed by atoms with Crippen molar-refractivity contribution in [3.05, 3.63) is 41.9 Å². The van der Waals surface area contributed by atoms with Gasteiger partial charge in [0.1, 0.15) is 13.1 Å². The summed E-state index contributed by atoms with van der Waals surface area (Å²) < 4.78 is 11.9. The van der Waals surface area contributed by atoms with Crippen molar-refractivity contribution in [2.75, 3.05) is 19.6 Å². The molecule has 5 nitrogen and oxygen atoms in total. The molecule has 3 saturated carbocycles. The van der Waals surface area contributed by atoms with E-state index in [0.717, 1.165) is 18.0 Å². The van der Waals surface area contributed by atoms with Gasteiger partial charge in [-0.05, 0) is 42.1 Å². The van der Waals surface area contributed by atoms with Crippen molar-refractivity contribution >= 4 is 24.7 Å². The number of benzene rings is 1. The molecule has 28 heavy (non-hydrogen) atoms. The Bertz CT molecular complexity index is 827. The van der Waals surface area contributed by atoms with Crippen molar-refractivity contribution in [3.63, 3.8) is 0 Å². The quantitative estimate of drug-likeness (QED) is 0.752. The molecular formula is C22H28BNO4. The largest absolute Gasteiger partial charge is 0.607 e. The molecule has 1 unspecified atom stereocenters. The number of carbonyl (C=O) groups is 2. The molecule has 2 aliphatic heterocycles. The summed E-state index contributed by atoms with van der Waals surface area (Å²) in [5, 5.41) is 0. The Morgan fingerprint density at radius 2 is 1.79 bits per heavy atom. The SMILES string of the molecule is CC1(C)C2C[C@H]1CC[C@@H]2C[N+]12CC(=O)O[B-]1(/C=C/c1ccccc1)OC(=O)C2. The molecule has 2 saturated heterocycles. The maximum absolute atomic E-state index is 12.4. The Morgan fingerprint density at radius 3 is 2.39 bits per heavy atom. The highest BCUT2D eigenvalue weighted by molar-refractivity contribution is 6.71. The predicted molar refractivity (Wildman–Crippen MR) is 106 cm³/mol. The van der Waals surface area contributed by atoms with Crippen LogP contribution in [0.4, 0.5) is 0 Å². The van der Waals surface area contributed by atoms with E-state index in [1.165, 1.54) is 19.3 Å². The van der Waals surface area contributed by atoms with Gasteiger partial charge in [0, 0.05) is 12.5 Å². The van der Waals surface area contributed by atoms with Crippen LogP contribution in [0.25, 0.3) is 6.08 Å². The van der Waals surface area contributed by atoms with Gasteiger partial charge in [0.2, 0.25) is 0 Å². The van der Waals surface area contributed by atoms with Crippen molar-refractivity contribution in [2.45, 2.75) is 33.1 Å². The van der Waals surface area contributed by atoms with Gasteiger partial charge in [-0.1, -0.05) is 56.2 Å². The lowest BCUT2D eigenvalue weighted by atomic mass is 9.45. The van der Waals surface area contributed by atoms with Crippen LogP contribution in [0.1, 0.15) is 38.7 Å². The van der Waals surface area contributed by atoms with Gasteiger partial charge in [-0.25, -0.2) is 0 Å². The number of carbonyl (C=O) groups excluding carboxylic acids is 2. The van der Waals surface area contributed by atoms with Crippen LogP contribution >= 0.6 is 0 Å². The molecule has 3 atom stereocenters. The molecule has 148 valence electrons. The number of hydrogen-bond donors (Lipinski definition) is 0. The lowest BCUT2D eigenvalue weighted by molar-refractivity contribution is -0.819. The van der Waals surface area contributed by atoms with Gasteiger partial charge < -0.3 is 13.7 Å². The van der Waals surface area contributed by atoms with E-state index >= 15 is 0 Å².